The van der Waals surface area contributed by atoms with Gasteiger partial charge in [-0.25, -0.2) is 9.37 Å². The van der Waals surface area contributed by atoms with E-state index in [1.54, 1.807) is 12.3 Å². The van der Waals surface area contributed by atoms with Crippen molar-refractivity contribution in [3.8, 4) is 0 Å². The van der Waals surface area contributed by atoms with Crippen LogP contribution in [0.2, 0.25) is 0 Å². The molecule has 150 valence electrons. The predicted octanol–water partition coefficient (Wildman–Crippen LogP) is 3.63. The van der Waals surface area contributed by atoms with Gasteiger partial charge in [0.25, 0.3) is 5.91 Å². The highest BCUT2D eigenvalue weighted by Crippen LogP contribution is 2.19. The van der Waals surface area contributed by atoms with Gasteiger partial charge in [-0.15, -0.1) is 0 Å². The Balaban J connectivity index is 1.62. The Morgan fingerprint density at radius 1 is 1.18 bits per heavy atom. The standard InChI is InChI=1S/C22H29FN4O/c1-26(2)20(17-8-7-9-19(23)14-17)16-25-22(28)18-10-11-21(24-15-18)27-12-5-3-4-6-13-27/h7-11,14-15,20H,3-6,12-13,16H2,1-2H3,(H,25,28)/t20-/m0/s1. The van der Waals surface area contributed by atoms with Crippen molar-refractivity contribution in [1.29, 1.82) is 0 Å². The van der Waals surface area contributed by atoms with Gasteiger partial charge in [0.1, 0.15) is 11.6 Å². The number of hydrogen-bond donors (Lipinski definition) is 1. The van der Waals surface area contributed by atoms with Crippen LogP contribution in [0.15, 0.2) is 42.6 Å². The maximum atomic E-state index is 13.6. The van der Waals surface area contributed by atoms with Gasteiger partial charge in [-0.1, -0.05) is 25.0 Å². The van der Waals surface area contributed by atoms with E-state index in [4.69, 9.17) is 0 Å². The van der Waals surface area contributed by atoms with Crippen LogP contribution in [-0.2, 0) is 0 Å². The average molecular weight is 384 g/mol. The molecule has 1 fully saturated rings. The largest absolute Gasteiger partial charge is 0.357 e. The van der Waals surface area contributed by atoms with Crippen LogP contribution in [0.1, 0.15) is 47.6 Å². The van der Waals surface area contributed by atoms with Gasteiger partial charge in [-0.05, 0) is 56.8 Å². The van der Waals surface area contributed by atoms with Crippen molar-refractivity contribution in [1.82, 2.24) is 15.2 Å². The second-order valence-electron chi connectivity index (χ2n) is 7.55. The summed E-state index contributed by atoms with van der Waals surface area (Å²) in [7, 11) is 3.83. The summed E-state index contributed by atoms with van der Waals surface area (Å²) in [6.45, 7) is 2.44. The van der Waals surface area contributed by atoms with Gasteiger partial charge >= 0.3 is 0 Å². The maximum absolute atomic E-state index is 13.6. The van der Waals surface area contributed by atoms with Gasteiger partial charge in [0.05, 0.1) is 11.6 Å². The first-order chi connectivity index (χ1) is 13.5. The number of amides is 1. The lowest BCUT2D eigenvalue weighted by molar-refractivity contribution is 0.0941. The Morgan fingerprint density at radius 3 is 2.54 bits per heavy atom. The molecule has 1 aromatic carbocycles. The van der Waals surface area contributed by atoms with Gasteiger partial charge in [-0.2, -0.15) is 0 Å². The minimum Gasteiger partial charge on any atom is -0.357 e. The first kappa shape index (κ1) is 20.3. The van der Waals surface area contributed by atoms with Crippen LogP contribution in [-0.4, -0.2) is 49.5 Å². The highest BCUT2D eigenvalue weighted by Gasteiger charge is 2.17. The molecular formula is C22H29FN4O. The third kappa shape index (κ3) is 5.29. The summed E-state index contributed by atoms with van der Waals surface area (Å²) in [6, 6.07) is 10.1. The van der Waals surface area contributed by atoms with Crippen LogP contribution in [0.3, 0.4) is 0 Å². The van der Waals surface area contributed by atoms with E-state index in [-0.39, 0.29) is 17.8 Å². The molecule has 0 saturated carbocycles. The Kier molecular flexibility index (Phi) is 6.98. The molecule has 3 rings (SSSR count). The molecule has 2 aromatic rings. The van der Waals surface area contributed by atoms with Gasteiger partial charge < -0.3 is 15.1 Å². The van der Waals surface area contributed by atoms with Crippen molar-refractivity contribution in [2.45, 2.75) is 31.7 Å². The van der Waals surface area contributed by atoms with Crippen molar-refractivity contribution < 1.29 is 9.18 Å². The number of nitrogens with one attached hydrogen (secondary N) is 1. The number of rotatable bonds is 6. The molecule has 1 aliphatic rings. The zero-order valence-corrected chi connectivity index (χ0v) is 16.7. The fraction of sp³-hybridized carbons (Fsp3) is 0.455. The SMILES string of the molecule is CN(C)[C@@H](CNC(=O)c1ccc(N2CCCCCC2)nc1)c1cccc(F)c1. The molecule has 28 heavy (non-hydrogen) atoms. The van der Waals surface area contributed by atoms with Crippen molar-refractivity contribution in [2.75, 3.05) is 38.6 Å². The second-order valence-corrected chi connectivity index (χ2v) is 7.55. The topological polar surface area (TPSA) is 48.5 Å². The van der Waals surface area contributed by atoms with E-state index >= 15 is 0 Å². The zero-order chi connectivity index (χ0) is 19.9. The second kappa shape index (κ2) is 9.64. The minimum absolute atomic E-state index is 0.107. The molecule has 1 saturated heterocycles. The van der Waals surface area contributed by atoms with Crippen molar-refractivity contribution >= 4 is 11.7 Å². The number of anilines is 1. The highest BCUT2D eigenvalue weighted by molar-refractivity contribution is 5.94. The average Bonchev–Trinajstić information content (AvgIpc) is 2.97. The number of benzene rings is 1. The molecule has 1 atom stereocenters. The summed E-state index contributed by atoms with van der Waals surface area (Å²) >= 11 is 0. The first-order valence-electron chi connectivity index (χ1n) is 9.95. The van der Waals surface area contributed by atoms with Crippen molar-refractivity contribution in [2.24, 2.45) is 0 Å². The molecule has 5 nitrogen and oxygen atoms in total. The Labute approximate surface area is 166 Å². The molecule has 0 aliphatic carbocycles. The lowest BCUT2D eigenvalue weighted by Gasteiger charge is -2.25. The molecule has 6 heteroatoms. The van der Waals surface area contributed by atoms with Crippen LogP contribution in [0.4, 0.5) is 10.2 Å². The third-order valence-electron chi connectivity index (χ3n) is 5.25. The van der Waals surface area contributed by atoms with Crippen LogP contribution in [0, 0.1) is 5.82 Å². The molecule has 1 N–H and O–H groups in total. The van der Waals surface area contributed by atoms with Gasteiger partial charge in [-0.3, -0.25) is 4.79 Å². The number of aromatic nitrogens is 1. The number of nitrogens with zero attached hydrogens (tertiary/aromatic N) is 3. The van der Waals surface area contributed by atoms with E-state index in [0.717, 1.165) is 24.5 Å². The molecule has 0 spiro atoms. The molecule has 0 radical (unpaired) electrons. The lowest BCUT2D eigenvalue weighted by Crippen LogP contribution is -2.34. The summed E-state index contributed by atoms with van der Waals surface area (Å²) in [5, 5.41) is 2.95. The van der Waals surface area contributed by atoms with E-state index < -0.39 is 0 Å². The van der Waals surface area contributed by atoms with Crippen LogP contribution < -0.4 is 10.2 Å². The summed E-state index contributed by atoms with van der Waals surface area (Å²) in [5.74, 6) is 0.492. The predicted molar refractivity (Wildman–Crippen MR) is 110 cm³/mol. The van der Waals surface area contributed by atoms with Crippen LogP contribution in [0.5, 0.6) is 0 Å². The summed E-state index contributed by atoms with van der Waals surface area (Å²) in [4.78, 5) is 21.3. The van der Waals surface area contributed by atoms with E-state index in [1.807, 2.05) is 37.2 Å². The van der Waals surface area contributed by atoms with Crippen LogP contribution in [0.25, 0.3) is 0 Å². The number of hydrogen-bond acceptors (Lipinski definition) is 4. The van der Waals surface area contributed by atoms with E-state index in [2.05, 4.69) is 15.2 Å². The van der Waals surface area contributed by atoms with Crippen molar-refractivity contribution in [3.05, 3.63) is 59.5 Å². The summed E-state index contributed by atoms with van der Waals surface area (Å²) < 4.78 is 13.6. The minimum atomic E-state index is -0.274. The molecule has 1 aromatic heterocycles. The normalized spacial score (nSPS) is 15.9. The monoisotopic (exact) mass is 384 g/mol. The molecule has 0 bridgehead atoms. The van der Waals surface area contributed by atoms with Gasteiger partial charge in [0.2, 0.25) is 0 Å². The quantitative estimate of drug-likeness (QED) is 0.826. The third-order valence-corrected chi connectivity index (χ3v) is 5.25. The number of halogens is 1. The summed E-state index contributed by atoms with van der Waals surface area (Å²) in [6.07, 6.45) is 6.57. The van der Waals surface area contributed by atoms with E-state index in [9.17, 15) is 9.18 Å². The Morgan fingerprint density at radius 2 is 1.93 bits per heavy atom. The molecular weight excluding hydrogens is 355 g/mol. The molecule has 1 amide bonds. The lowest BCUT2D eigenvalue weighted by atomic mass is 10.1. The van der Waals surface area contributed by atoms with Gasteiger partial charge in [0, 0.05) is 25.8 Å². The fourth-order valence-electron chi connectivity index (χ4n) is 3.61. The number of likely N-dealkylation sites (N-methyl/N-ethyl adjacent to an activating group) is 1. The number of pyridine rings is 1. The molecule has 0 unspecified atom stereocenters. The van der Waals surface area contributed by atoms with E-state index in [1.165, 1.54) is 37.8 Å². The van der Waals surface area contributed by atoms with Gasteiger partial charge in [0.15, 0.2) is 0 Å². The zero-order valence-electron chi connectivity index (χ0n) is 16.7. The number of carbonyl (C=O) groups is 1. The Bertz CT molecular complexity index is 770. The molecule has 1 aliphatic heterocycles. The smallest absolute Gasteiger partial charge is 0.252 e. The highest BCUT2D eigenvalue weighted by atomic mass is 19.1. The Hall–Kier alpha value is -2.47. The summed E-state index contributed by atoms with van der Waals surface area (Å²) in [5.41, 5.74) is 1.37. The van der Waals surface area contributed by atoms with E-state index in [0.29, 0.717) is 12.1 Å². The number of carbonyl (C=O) groups excluding carboxylic acids is 1. The maximum Gasteiger partial charge on any atom is 0.252 e. The fourth-order valence-corrected chi connectivity index (χ4v) is 3.61. The van der Waals surface area contributed by atoms with Crippen LogP contribution >= 0.6 is 0 Å². The first-order valence-corrected chi connectivity index (χ1v) is 9.95. The van der Waals surface area contributed by atoms with Crippen molar-refractivity contribution in [3.63, 3.8) is 0 Å². The molecule has 2 heterocycles.